The molecule has 0 radical (unpaired) electrons. The maximum Gasteiger partial charge on any atom is 0.166 e. The fourth-order valence-electron chi connectivity index (χ4n) is 1.07. The van der Waals surface area contributed by atoms with Gasteiger partial charge in [-0.2, -0.15) is 0 Å². The molecule has 0 aliphatic rings. The van der Waals surface area contributed by atoms with Gasteiger partial charge in [-0.1, -0.05) is 11.8 Å². The van der Waals surface area contributed by atoms with E-state index in [0.717, 1.165) is 12.8 Å². The summed E-state index contributed by atoms with van der Waals surface area (Å²) < 4.78 is 12.9. The van der Waals surface area contributed by atoms with Gasteiger partial charge in [-0.3, -0.25) is 0 Å². The van der Waals surface area contributed by atoms with Crippen LogP contribution in [-0.4, -0.2) is 16.8 Å². The van der Waals surface area contributed by atoms with Crippen LogP contribution in [0.3, 0.4) is 0 Å². The van der Waals surface area contributed by atoms with Crippen molar-refractivity contribution in [1.29, 1.82) is 0 Å². The number of benzene rings is 1. The van der Waals surface area contributed by atoms with E-state index in [1.54, 1.807) is 6.07 Å². The van der Waals surface area contributed by atoms with E-state index in [-0.39, 0.29) is 12.4 Å². The van der Waals surface area contributed by atoms with Gasteiger partial charge in [0.1, 0.15) is 0 Å². The number of hydrogen-bond acceptors (Lipinski definition) is 2. The highest BCUT2D eigenvalue weighted by atomic mass is 19.1. The Morgan fingerprint density at radius 2 is 2.07 bits per heavy atom. The van der Waals surface area contributed by atoms with Crippen LogP contribution in [-0.2, 0) is 0 Å². The van der Waals surface area contributed by atoms with Crippen molar-refractivity contribution in [2.75, 3.05) is 6.61 Å². The van der Waals surface area contributed by atoms with Crippen LogP contribution in [0.5, 0.6) is 5.75 Å². The molecule has 1 aromatic rings. The lowest BCUT2D eigenvalue weighted by Gasteiger charge is -1.94. The number of unbranched alkanes of at least 4 members (excludes halogenated alkanes) is 2. The van der Waals surface area contributed by atoms with Crippen LogP contribution in [0.2, 0.25) is 0 Å². The van der Waals surface area contributed by atoms with Crippen LogP contribution in [0.15, 0.2) is 18.2 Å². The van der Waals surface area contributed by atoms with E-state index in [0.29, 0.717) is 12.0 Å². The maximum absolute atomic E-state index is 12.9. The summed E-state index contributed by atoms with van der Waals surface area (Å²) in [5.41, 5.74) is 0.550. The van der Waals surface area contributed by atoms with Gasteiger partial charge in [0.2, 0.25) is 0 Å². The summed E-state index contributed by atoms with van der Waals surface area (Å²) in [6.07, 6.45) is 2.26. The third-order valence-corrected chi connectivity index (χ3v) is 1.89. The van der Waals surface area contributed by atoms with E-state index < -0.39 is 5.82 Å². The van der Waals surface area contributed by atoms with Gasteiger partial charge in [-0.05, 0) is 31.0 Å². The van der Waals surface area contributed by atoms with Crippen molar-refractivity contribution in [2.45, 2.75) is 19.3 Å². The zero-order valence-corrected chi connectivity index (χ0v) is 8.33. The van der Waals surface area contributed by atoms with Crippen molar-refractivity contribution in [3.05, 3.63) is 29.6 Å². The van der Waals surface area contributed by atoms with Gasteiger partial charge in [0, 0.05) is 18.6 Å². The zero-order valence-electron chi connectivity index (χ0n) is 8.33. The minimum Gasteiger partial charge on any atom is -0.505 e. The number of phenols is 1. The van der Waals surface area contributed by atoms with Crippen LogP contribution in [0.1, 0.15) is 24.8 Å². The molecule has 0 saturated heterocycles. The second kappa shape index (κ2) is 6.05. The number of halogens is 1. The van der Waals surface area contributed by atoms with E-state index in [4.69, 9.17) is 10.2 Å². The monoisotopic (exact) mass is 208 g/mol. The molecular weight excluding hydrogens is 195 g/mol. The predicted octanol–water partition coefficient (Wildman–Crippen LogP) is 2.05. The van der Waals surface area contributed by atoms with Crippen molar-refractivity contribution in [3.8, 4) is 17.6 Å². The molecule has 0 aliphatic heterocycles. The second-order valence-electron chi connectivity index (χ2n) is 3.15. The summed E-state index contributed by atoms with van der Waals surface area (Å²) in [5, 5.41) is 17.5. The van der Waals surface area contributed by atoms with Gasteiger partial charge >= 0.3 is 0 Å². The number of hydrogen-bond donors (Lipinski definition) is 2. The van der Waals surface area contributed by atoms with Crippen LogP contribution >= 0.6 is 0 Å². The molecule has 0 heterocycles. The highest BCUT2D eigenvalue weighted by Crippen LogP contribution is 2.15. The molecule has 0 saturated carbocycles. The first-order valence-corrected chi connectivity index (χ1v) is 4.82. The Bertz CT molecular complexity index is 377. The predicted molar refractivity (Wildman–Crippen MR) is 55.9 cm³/mol. The Hall–Kier alpha value is -1.53. The Labute approximate surface area is 88.4 Å². The summed E-state index contributed by atoms with van der Waals surface area (Å²) in [6.45, 7) is 0.176. The van der Waals surface area contributed by atoms with E-state index in [1.807, 2.05) is 0 Å². The molecular formula is C12H13FO2. The molecule has 1 aromatic carbocycles. The molecule has 80 valence electrons. The van der Waals surface area contributed by atoms with E-state index in [1.165, 1.54) is 12.1 Å². The molecule has 1 rings (SSSR count). The summed E-state index contributed by atoms with van der Waals surface area (Å²) in [5.74, 6) is 4.65. The van der Waals surface area contributed by atoms with Gasteiger partial charge in [0.05, 0.1) is 0 Å². The third-order valence-electron chi connectivity index (χ3n) is 1.89. The second-order valence-corrected chi connectivity index (χ2v) is 3.15. The molecule has 2 N–H and O–H groups in total. The van der Waals surface area contributed by atoms with Crippen molar-refractivity contribution in [1.82, 2.24) is 0 Å². The Balaban J connectivity index is 2.53. The van der Waals surface area contributed by atoms with Crippen LogP contribution in [0, 0.1) is 17.7 Å². The molecule has 15 heavy (non-hydrogen) atoms. The lowest BCUT2D eigenvalue weighted by atomic mass is 10.2. The Kier molecular flexibility index (Phi) is 4.65. The van der Waals surface area contributed by atoms with Gasteiger partial charge in [0.15, 0.2) is 11.6 Å². The van der Waals surface area contributed by atoms with E-state index >= 15 is 0 Å². The first-order chi connectivity index (χ1) is 7.24. The lowest BCUT2D eigenvalue weighted by Crippen LogP contribution is -1.81. The number of phenolic OH excluding ortho intramolecular Hbond substituents is 1. The van der Waals surface area contributed by atoms with E-state index in [2.05, 4.69) is 11.8 Å². The molecule has 0 aromatic heterocycles. The largest absolute Gasteiger partial charge is 0.505 e. The molecule has 2 nitrogen and oxygen atoms in total. The van der Waals surface area contributed by atoms with Crippen LogP contribution < -0.4 is 0 Å². The number of aliphatic hydroxyl groups excluding tert-OH is 1. The quantitative estimate of drug-likeness (QED) is 0.589. The number of aliphatic hydroxyl groups is 1. The molecule has 0 bridgehead atoms. The standard InChI is InChI=1S/C12H13FO2/c13-11-9-10(6-7-12(11)15)5-3-1-2-4-8-14/h6-7,9,14-15H,1-2,4,8H2. The summed E-state index contributed by atoms with van der Waals surface area (Å²) in [4.78, 5) is 0. The average molecular weight is 208 g/mol. The summed E-state index contributed by atoms with van der Waals surface area (Å²) in [7, 11) is 0. The minimum atomic E-state index is -0.655. The molecule has 0 unspecified atom stereocenters. The molecule has 0 spiro atoms. The summed E-state index contributed by atoms with van der Waals surface area (Å²) in [6, 6.07) is 4.05. The van der Waals surface area contributed by atoms with Crippen molar-refractivity contribution >= 4 is 0 Å². The van der Waals surface area contributed by atoms with Crippen LogP contribution in [0.25, 0.3) is 0 Å². The SMILES string of the molecule is OCCCCC#Cc1ccc(O)c(F)c1. The average Bonchev–Trinajstić information content (AvgIpc) is 2.23. The van der Waals surface area contributed by atoms with Gasteiger partial charge in [0.25, 0.3) is 0 Å². The number of rotatable bonds is 3. The maximum atomic E-state index is 12.9. The highest BCUT2D eigenvalue weighted by molar-refractivity contribution is 5.38. The number of aromatic hydroxyl groups is 1. The topological polar surface area (TPSA) is 40.5 Å². The van der Waals surface area contributed by atoms with Gasteiger partial charge in [-0.15, -0.1) is 0 Å². The minimum absolute atomic E-state index is 0.176. The summed E-state index contributed by atoms with van der Waals surface area (Å²) >= 11 is 0. The molecule has 0 aliphatic carbocycles. The normalized spacial score (nSPS) is 9.47. The van der Waals surface area contributed by atoms with Crippen molar-refractivity contribution < 1.29 is 14.6 Å². The fraction of sp³-hybridized carbons (Fsp3) is 0.333. The van der Waals surface area contributed by atoms with Crippen molar-refractivity contribution in [2.24, 2.45) is 0 Å². The highest BCUT2D eigenvalue weighted by Gasteiger charge is 1.98. The van der Waals surface area contributed by atoms with Gasteiger partial charge < -0.3 is 10.2 Å². The van der Waals surface area contributed by atoms with E-state index in [9.17, 15) is 4.39 Å². The molecule has 0 fully saturated rings. The molecule has 0 amide bonds. The zero-order chi connectivity index (χ0) is 11.1. The molecule has 0 atom stereocenters. The van der Waals surface area contributed by atoms with Crippen LogP contribution in [0.4, 0.5) is 4.39 Å². The Morgan fingerprint density at radius 3 is 2.73 bits per heavy atom. The third kappa shape index (κ3) is 4.01. The fourth-order valence-corrected chi connectivity index (χ4v) is 1.07. The Morgan fingerprint density at radius 1 is 1.27 bits per heavy atom. The first kappa shape index (κ1) is 11.5. The molecule has 3 heteroatoms. The lowest BCUT2D eigenvalue weighted by molar-refractivity contribution is 0.285. The smallest absolute Gasteiger partial charge is 0.166 e. The van der Waals surface area contributed by atoms with Crippen molar-refractivity contribution in [3.63, 3.8) is 0 Å². The first-order valence-electron chi connectivity index (χ1n) is 4.82. The van der Waals surface area contributed by atoms with Gasteiger partial charge in [-0.25, -0.2) is 4.39 Å².